The van der Waals surface area contributed by atoms with Crippen LogP contribution in [0.25, 0.3) is 0 Å². The van der Waals surface area contributed by atoms with Gasteiger partial charge in [0.25, 0.3) is 0 Å². The van der Waals surface area contributed by atoms with Gasteiger partial charge in [0.1, 0.15) is 12.1 Å². The normalized spacial score (nSPS) is 28.2. The van der Waals surface area contributed by atoms with Gasteiger partial charge in [0.05, 0.1) is 0 Å². The largest absolute Gasteiger partial charge is 0.444 e. The molecular weight excluding hydrogens is 244 g/mol. The number of hydrogen-bond donors (Lipinski definition) is 1. The molecule has 108 valence electrons. The van der Waals surface area contributed by atoms with Crippen LogP contribution >= 0.6 is 0 Å². The Morgan fingerprint density at radius 1 is 1.32 bits per heavy atom. The summed E-state index contributed by atoms with van der Waals surface area (Å²) in [5.74, 6) is 0.299. The summed E-state index contributed by atoms with van der Waals surface area (Å²) >= 11 is 0. The zero-order valence-electron chi connectivity index (χ0n) is 12.1. The molecule has 5 nitrogen and oxygen atoms in total. The summed E-state index contributed by atoms with van der Waals surface area (Å²) in [6.45, 7) is 6.25. The van der Waals surface area contributed by atoms with E-state index in [9.17, 15) is 9.59 Å². The highest BCUT2D eigenvalue weighted by Crippen LogP contribution is 2.27. The van der Waals surface area contributed by atoms with Crippen molar-refractivity contribution in [1.29, 1.82) is 0 Å². The summed E-state index contributed by atoms with van der Waals surface area (Å²) in [4.78, 5) is 25.5. The Bertz CT molecular complexity index is 362. The van der Waals surface area contributed by atoms with Crippen molar-refractivity contribution in [3.63, 3.8) is 0 Å². The first-order valence-electron chi connectivity index (χ1n) is 7.12. The lowest BCUT2D eigenvalue weighted by molar-refractivity contribution is -0.122. The molecule has 1 heterocycles. The molecule has 1 N–H and O–H groups in total. The zero-order chi connectivity index (χ0) is 14.0. The highest BCUT2D eigenvalue weighted by atomic mass is 16.6. The van der Waals surface area contributed by atoms with Gasteiger partial charge in [-0.15, -0.1) is 0 Å². The number of hydrogen-bond acceptors (Lipinski definition) is 3. The van der Waals surface area contributed by atoms with Crippen molar-refractivity contribution in [2.24, 2.45) is 5.92 Å². The molecule has 0 aromatic heterocycles. The van der Waals surface area contributed by atoms with Gasteiger partial charge in [-0.25, -0.2) is 4.79 Å². The van der Waals surface area contributed by atoms with Gasteiger partial charge in [-0.05, 0) is 39.5 Å². The van der Waals surface area contributed by atoms with Crippen molar-refractivity contribution in [3.8, 4) is 0 Å². The number of ether oxygens (including phenoxy) is 1. The maximum atomic E-state index is 12.1. The predicted octanol–water partition coefficient (Wildman–Crippen LogP) is 1.91. The number of carbonyl (C=O) groups excluding carboxylic acids is 2. The van der Waals surface area contributed by atoms with Crippen LogP contribution < -0.4 is 5.32 Å². The first kappa shape index (κ1) is 14.2. The standard InChI is InChI=1S/C14H24N2O3/c1-14(2,3)19-13(18)16-8-10-6-4-5-7-11(10)15-12(17)9-16/h10-11H,4-9H2,1-3H3,(H,15,17)/t10-,11-/m1/s1. The molecule has 1 aliphatic carbocycles. The summed E-state index contributed by atoms with van der Waals surface area (Å²) in [5, 5.41) is 3.04. The van der Waals surface area contributed by atoms with Crippen LogP contribution in [0.5, 0.6) is 0 Å². The van der Waals surface area contributed by atoms with Crippen molar-refractivity contribution in [3.05, 3.63) is 0 Å². The van der Waals surface area contributed by atoms with Crippen molar-refractivity contribution in [1.82, 2.24) is 10.2 Å². The van der Waals surface area contributed by atoms with Crippen LogP contribution in [0.2, 0.25) is 0 Å². The first-order valence-corrected chi connectivity index (χ1v) is 7.12. The molecular formula is C14H24N2O3. The second-order valence-corrected chi connectivity index (χ2v) is 6.58. The Hall–Kier alpha value is -1.26. The quantitative estimate of drug-likeness (QED) is 0.730. The smallest absolute Gasteiger partial charge is 0.410 e. The first-order chi connectivity index (χ1) is 8.85. The summed E-state index contributed by atoms with van der Waals surface area (Å²) in [6, 6.07) is 0.230. The zero-order valence-corrected chi connectivity index (χ0v) is 12.1. The Morgan fingerprint density at radius 3 is 2.68 bits per heavy atom. The number of rotatable bonds is 0. The molecule has 0 aromatic carbocycles. The van der Waals surface area contributed by atoms with Gasteiger partial charge in [-0.1, -0.05) is 12.8 Å². The second-order valence-electron chi connectivity index (χ2n) is 6.58. The molecule has 1 saturated heterocycles. The topological polar surface area (TPSA) is 58.6 Å². The maximum Gasteiger partial charge on any atom is 0.410 e. The average Bonchev–Trinajstić information content (AvgIpc) is 2.44. The third-order valence-electron chi connectivity index (χ3n) is 3.70. The Balaban J connectivity index is 2.04. The molecule has 0 unspecified atom stereocenters. The molecule has 2 fully saturated rings. The molecule has 1 aliphatic heterocycles. The Morgan fingerprint density at radius 2 is 2.00 bits per heavy atom. The van der Waals surface area contributed by atoms with Crippen molar-refractivity contribution >= 4 is 12.0 Å². The molecule has 2 amide bonds. The Kier molecular flexibility index (Phi) is 4.02. The van der Waals surface area contributed by atoms with E-state index in [2.05, 4.69) is 5.32 Å². The van der Waals surface area contributed by atoms with Gasteiger partial charge in [0, 0.05) is 12.6 Å². The molecule has 5 heteroatoms. The summed E-state index contributed by atoms with van der Waals surface area (Å²) in [5.41, 5.74) is -0.522. The van der Waals surface area contributed by atoms with Gasteiger partial charge < -0.3 is 10.1 Å². The minimum absolute atomic E-state index is 0.0692. The third kappa shape index (κ3) is 3.85. The van der Waals surface area contributed by atoms with Crippen LogP contribution in [-0.4, -0.2) is 41.6 Å². The molecule has 2 aliphatic rings. The maximum absolute atomic E-state index is 12.1. The lowest BCUT2D eigenvalue weighted by Crippen LogP contribution is -2.41. The number of fused-ring (bicyclic) bond motifs is 1. The molecule has 2 atom stereocenters. The Labute approximate surface area is 114 Å². The number of nitrogens with one attached hydrogen (secondary N) is 1. The summed E-state index contributed by atoms with van der Waals surface area (Å²) < 4.78 is 5.37. The minimum atomic E-state index is -0.522. The van der Waals surface area contributed by atoms with E-state index in [1.165, 1.54) is 6.42 Å². The SMILES string of the molecule is CC(C)(C)OC(=O)N1CC(=O)N[C@@H]2CCCC[C@@H]2C1. The monoisotopic (exact) mass is 268 g/mol. The highest BCUT2D eigenvalue weighted by molar-refractivity contribution is 5.83. The highest BCUT2D eigenvalue weighted by Gasteiger charge is 2.35. The van der Waals surface area contributed by atoms with Crippen LogP contribution in [0, 0.1) is 5.92 Å². The van der Waals surface area contributed by atoms with Gasteiger partial charge in [-0.2, -0.15) is 0 Å². The second kappa shape index (κ2) is 5.39. The van der Waals surface area contributed by atoms with Crippen LogP contribution in [0.1, 0.15) is 46.5 Å². The van der Waals surface area contributed by atoms with Gasteiger partial charge in [-0.3, -0.25) is 9.69 Å². The summed E-state index contributed by atoms with van der Waals surface area (Å²) in [6.07, 6.45) is 4.06. The van der Waals surface area contributed by atoms with E-state index >= 15 is 0 Å². The van der Waals surface area contributed by atoms with E-state index in [1.54, 1.807) is 4.90 Å². The predicted molar refractivity (Wildman–Crippen MR) is 71.7 cm³/mol. The molecule has 2 rings (SSSR count). The number of nitrogens with zero attached hydrogens (tertiary/aromatic N) is 1. The lowest BCUT2D eigenvalue weighted by Gasteiger charge is -2.32. The molecule has 0 aromatic rings. The number of carbonyl (C=O) groups is 2. The minimum Gasteiger partial charge on any atom is -0.444 e. The van der Waals surface area contributed by atoms with Crippen LogP contribution in [0.4, 0.5) is 4.79 Å². The third-order valence-corrected chi connectivity index (χ3v) is 3.70. The number of amides is 2. The van der Waals surface area contributed by atoms with Gasteiger partial charge in [0.2, 0.25) is 5.91 Å². The fraction of sp³-hybridized carbons (Fsp3) is 0.857. The van der Waals surface area contributed by atoms with Crippen LogP contribution in [-0.2, 0) is 9.53 Å². The van der Waals surface area contributed by atoms with E-state index in [4.69, 9.17) is 4.74 Å². The van der Waals surface area contributed by atoms with E-state index in [0.717, 1.165) is 19.3 Å². The van der Waals surface area contributed by atoms with Crippen molar-refractivity contribution in [2.75, 3.05) is 13.1 Å². The van der Waals surface area contributed by atoms with Gasteiger partial charge in [0.15, 0.2) is 0 Å². The van der Waals surface area contributed by atoms with E-state index < -0.39 is 5.60 Å². The molecule has 0 bridgehead atoms. The fourth-order valence-corrected chi connectivity index (χ4v) is 2.86. The molecule has 19 heavy (non-hydrogen) atoms. The molecule has 1 saturated carbocycles. The molecule has 0 spiro atoms. The van der Waals surface area contributed by atoms with E-state index in [0.29, 0.717) is 12.5 Å². The average molecular weight is 268 g/mol. The fourth-order valence-electron chi connectivity index (χ4n) is 2.86. The van der Waals surface area contributed by atoms with E-state index in [-0.39, 0.29) is 24.6 Å². The van der Waals surface area contributed by atoms with E-state index in [1.807, 2.05) is 20.8 Å². The molecule has 0 radical (unpaired) electrons. The van der Waals surface area contributed by atoms with Crippen LogP contribution in [0.15, 0.2) is 0 Å². The lowest BCUT2D eigenvalue weighted by atomic mass is 9.84. The summed E-state index contributed by atoms with van der Waals surface area (Å²) in [7, 11) is 0. The van der Waals surface area contributed by atoms with Crippen LogP contribution in [0.3, 0.4) is 0 Å². The van der Waals surface area contributed by atoms with Gasteiger partial charge >= 0.3 is 6.09 Å². The van der Waals surface area contributed by atoms with Crippen molar-refractivity contribution < 1.29 is 14.3 Å². The van der Waals surface area contributed by atoms with Crippen molar-refractivity contribution in [2.45, 2.75) is 58.1 Å².